The van der Waals surface area contributed by atoms with Gasteiger partial charge in [-0.3, -0.25) is 0 Å². The van der Waals surface area contributed by atoms with Crippen LogP contribution in [0.5, 0.6) is 0 Å². The molecule has 0 aromatic heterocycles. The standard InChI is InChI=1S/C28H27N3O/c1-4-31(5-2)25-13-10-21(11-14-25)12-15-26-16-24(27(20-29)30-3)19-28(32-26)17-22-8-6-7-9-23(22)18-28/h6-16H,4-5,17-19H2,1-2H3/b15-12+,27-24-. The van der Waals surface area contributed by atoms with Gasteiger partial charge >= 0.3 is 0 Å². The molecule has 0 saturated carbocycles. The zero-order chi connectivity index (χ0) is 22.6. The minimum Gasteiger partial charge on any atom is -0.486 e. The van der Waals surface area contributed by atoms with Crippen molar-refractivity contribution in [3.63, 3.8) is 0 Å². The number of allylic oxidation sites excluding steroid dienone is 3. The van der Waals surface area contributed by atoms with Gasteiger partial charge in [-0.05, 0) is 60.4 Å². The van der Waals surface area contributed by atoms with Crippen molar-refractivity contribution in [2.45, 2.75) is 38.7 Å². The number of nitrogens with zero attached hydrogens (tertiary/aromatic N) is 3. The lowest BCUT2D eigenvalue weighted by Gasteiger charge is -2.35. The van der Waals surface area contributed by atoms with Crippen LogP contribution in [0.1, 0.15) is 37.0 Å². The molecule has 0 atom stereocenters. The van der Waals surface area contributed by atoms with Crippen molar-refractivity contribution < 1.29 is 4.74 Å². The van der Waals surface area contributed by atoms with Gasteiger partial charge in [0.05, 0.1) is 12.6 Å². The van der Waals surface area contributed by atoms with Gasteiger partial charge in [-0.2, -0.15) is 0 Å². The van der Waals surface area contributed by atoms with E-state index in [0.29, 0.717) is 12.2 Å². The molecule has 4 rings (SSSR count). The van der Waals surface area contributed by atoms with Crippen LogP contribution in [0.2, 0.25) is 0 Å². The first kappa shape index (κ1) is 21.5. The van der Waals surface area contributed by atoms with Crippen LogP contribution in [0, 0.1) is 17.9 Å². The van der Waals surface area contributed by atoms with Gasteiger partial charge in [0.25, 0.3) is 5.70 Å². The SMILES string of the molecule is [C-]#[N+]/C(C#N)=C1C=C(/C=C/c2ccc(N(CC)CC)cc2)OC2(C/1)Cc1ccccc1C2. The van der Waals surface area contributed by atoms with E-state index in [1.54, 1.807) is 0 Å². The van der Waals surface area contributed by atoms with E-state index in [2.05, 4.69) is 78.2 Å². The molecule has 4 nitrogen and oxygen atoms in total. The molecule has 2 aromatic carbocycles. The van der Waals surface area contributed by atoms with E-state index in [1.807, 2.05) is 18.2 Å². The number of benzene rings is 2. The molecule has 32 heavy (non-hydrogen) atoms. The van der Waals surface area contributed by atoms with Gasteiger partial charge < -0.3 is 9.64 Å². The van der Waals surface area contributed by atoms with Crippen LogP contribution in [-0.2, 0) is 17.6 Å². The van der Waals surface area contributed by atoms with Crippen molar-refractivity contribution >= 4 is 11.8 Å². The summed E-state index contributed by atoms with van der Waals surface area (Å²) in [6, 6.07) is 18.9. The Hall–Kier alpha value is -3.76. The molecule has 4 heteroatoms. The maximum Gasteiger partial charge on any atom is 0.265 e. The van der Waals surface area contributed by atoms with Gasteiger partial charge in [-0.25, -0.2) is 10.1 Å². The van der Waals surface area contributed by atoms with E-state index < -0.39 is 5.60 Å². The topological polar surface area (TPSA) is 40.6 Å². The number of hydrogen-bond donors (Lipinski definition) is 0. The predicted octanol–water partition coefficient (Wildman–Crippen LogP) is 6.08. The van der Waals surface area contributed by atoms with E-state index in [1.165, 1.54) is 16.8 Å². The summed E-state index contributed by atoms with van der Waals surface area (Å²) in [5.74, 6) is 0.697. The van der Waals surface area contributed by atoms with E-state index in [4.69, 9.17) is 11.3 Å². The third-order valence-electron chi connectivity index (χ3n) is 6.29. The van der Waals surface area contributed by atoms with Crippen molar-refractivity contribution in [3.05, 3.63) is 106 Å². The second kappa shape index (κ2) is 9.16. The molecule has 0 N–H and O–H groups in total. The molecule has 0 amide bonds. The number of fused-ring (bicyclic) bond motifs is 1. The van der Waals surface area contributed by atoms with Crippen LogP contribution in [-0.4, -0.2) is 18.7 Å². The monoisotopic (exact) mass is 421 g/mol. The predicted molar refractivity (Wildman–Crippen MR) is 129 cm³/mol. The summed E-state index contributed by atoms with van der Waals surface area (Å²) in [6.07, 6.45) is 7.98. The van der Waals surface area contributed by atoms with Crippen molar-refractivity contribution in [2.24, 2.45) is 0 Å². The first-order chi connectivity index (χ1) is 15.6. The van der Waals surface area contributed by atoms with Gasteiger partial charge in [0.1, 0.15) is 11.4 Å². The number of ether oxygens (including phenoxy) is 1. The Balaban J connectivity index is 1.62. The summed E-state index contributed by atoms with van der Waals surface area (Å²) in [7, 11) is 0. The van der Waals surface area contributed by atoms with Crippen molar-refractivity contribution in [2.75, 3.05) is 18.0 Å². The second-order valence-corrected chi connectivity index (χ2v) is 8.33. The maximum absolute atomic E-state index is 9.47. The van der Waals surface area contributed by atoms with E-state index in [-0.39, 0.29) is 5.70 Å². The summed E-state index contributed by atoms with van der Waals surface area (Å²) in [6.45, 7) is 13.7. The van der Waals surface area contributed by atoms with Gasteiger partial charge in [0, 0.05) is 38.0 Å². The Kier molecular flexibility index (Phi) is 6.15. The Labute approximate surface area is 190 Å². The summed E-state index contributed by atoms with van der Waals surface area (Å²) in [5.41, 5.74) is 5.33. The highest BCUT2D eigenvalue weighted by Gasteiger charge is 2.42. The molecule has 0 saturated heterocycles. The minimum atomic E-state index is -0.438. The summed E-state index contributed by atoms with van der Waals surface area (Å²) >= 11 is 0. The highest BCUT2D eigenvalue weighted by atomic mass is 16.5. The number of rotatable bonds is 5. The largest absolute Gasteiger partial charge is 0.486 e. The molecule has 1 aliphatic heterocycles. The zero-order valence-electron chi connectivity index (χ0n) is 18.6. The quantitative estimate of drug-likeness (QED) is 0.434. The second-order valence-electron chi connectivity index (χ2n) is 8.33. The van der Waals surface area contributed by atoms with E-state index in [0.717, 1.165) is 37.1 Å². The van der Waals surface area contributed by atoms with E-state index in [9.17, 15) is 5.26 Å². The molecule has 0 fully saturated rings. The van der Waals surface area contributed by atoms with Crippen molar-refractivity contribution in [3.8, 4) is 6.07 Å². The molecule has 0 radical (unpaired) electrons. The lowest BCUT2D eigenvalue weighted by Crippen LogP contribution is -2.36. The average Bonchev–Trinajstić information content (AvgIpc) is 3.16. The number of anilines is 1. The lowest BCUT2D eigenvalue weighted by atomic mass is 9.87. The molecule has 2 aromatic rings. The smallest absolute Gasteiger partial charge is 0.265 e. The molecule has 160 valence electrons. The van der Waals surface area contributed by atoms with Gasteiger partial charge in [0.15, 0.2) is 0 Å². The first-order valence-electron chi connectivity index (χ1n) is 11.1. The molecule has 1 aliphatic carbocycles. The molecule has 0 bridgehead atoms. The number of hydrogen-bond acceptors (Lipinski definition) is 3. The highest BCUT2D eigenvalue weighted by Crippen LogP contribution is 2.43. The van der Waals surface area contributed by atoms with Gasteiger partial charge in [-0.1, -0.05) is 42.5 Å². The zero-order valence-corrected chi connectivity index (χ0v) is 18.6. The van der Waals surface area contributed by atoms with Gasteiger partial charge in [-0.15, -0.1) is 0 Å². The van der Waals surface area contributed by atoms with E-state index >= 15 is 0 Å². The molecular formula is C28H27N3O. The normalized spacial score (nSPS) is 17.8. The molecule has 1 spiro atoms. The van der Waals surface area contributed by atoms with Crippen LogP contribution in [0.25, 0.3) is 10.9 Å². The average molecular weight is 422 g/mol. The summed E-state index contributed by atoms with van der Waals surface area (Å²) in [5, 5.41) is 9.47. The fraction of sp³-hybridized carbons (Fsp3) is 0.286. The lowest BCUT2D eigenvalue weighted by molar-refractivity contribution is 0.0108. The van der Waals surface area contributed by atoms with Crippen LogP contribution in [0.4, 0.5) is 5.69 Å². The maximum atomic E-state index is 9.47. The summed E-state index contributed by atoms with van der Waals surface area (Å²) in [4.78, 5) is 5.78. The van der Waals surface area contributed by atoms with Crippen molar-refractivity contribution in [1.82, 2.24) is 0 Å². The van der Waals surface area contributed by atoms with Crippen LogP contribution in [0.3, 0.4) is 0 Å². The Morgan fingerprint density at radius 1 is 1.06 bits per heavy atom. The number of nitriles is 1. The highest BCUT2D eigenvalue weighted by molar-refractivity contribution is 5.58. The molecule has 0 unspecified atom stereocenters. The molecule has 1 heterocycles. The minimum absolute atomic E-state index is 0.151. The van der Waals surface area contributed by atoms with Crippen LogP contribution in [0.15, 0.2) is 77.7 Å². The van der Waals surface area contributed by atoms with Crippen LogP contribution < -0.4 is 4.90 Å². The Morgan fingerprint density at radius 3 is 2.28 bits per heavy atom. The third-order valence-corrected chi connectivity index (χ3v) is 6.29. The third kappa shape index (κ3) is 4.32. The summed E-state index contributed by atoms with van der Waals surface area (Å²) < 4.78 is 6.52. The van der Waals surface area contributed by atoms with Crippen LogP contribution >= 0.6 is 0 Å². The first-order valence-corrected chi connectivity index (χ1v) is 11.1. The fourth-order valence-corrected chi connectivity index (χ4v) is 4.71. The Morgan fingerprint density at radius 2 is 1.72 bits per heavy atom. The fourth-order valence-electron chi connectivity index (χ4n) is 4.71. The van der Waals surface area contributed by atoms with Crippen molar-refractivity contribution in [1.29, 1.82) is 5.26 Å². The van der Waals surface area contributed by atoms with Gasteiger partial charge in [0.2, 0.25) is 0 Å². The Bertz CT molecular complexity index is 1130. The molecular weight excluding hydrogens is 394 g/mol. The molecule has 2 aliphatic rings.